The molecule has 0 amide bonds. The van der Waals surface area contributed by atoms with Crippen LogP contribution in [-0.2, 0) is 0 Å². The normalized spacial score (nSPS) is 22.8. The van der Waals surface area contributed by atoms with Crippen molar-refractivity contribution in [3.63, 3.8) is 0 Å². The molecule has 1 saturated heterocycles. The first-order valence-corrected chi connectivity index (χ1v) is 8.19. The lowest BCUT2D eigenvalue weighted by molar-refractivity contribution is -0.0340. The molecule has 0 aliphatic carbocycles. The lowest BCUT2D eigenvalue weighted by atomic mass is 9.82. The van der Waals surface area contributed by atoms with E-state index in [9.17, 15) is 5.11 Å². The van der Waals surface area contributed by atoms with Crippen molar-refractivity contribution in [3.05, 3.63) is 17.7 Å². The maximum absolute atomic E-state index is 10.6. The fraction of sp³-hybridized carbons (Fsp3) is 0.647. The average Bonchev–Trinajstić information content (AvgIpc) is 2.50. The second-order valence-corrected chi connectivity index (χ2v) is 5.96. The first-order valence-electron chi connectivity index (χ1n) is 8.19. The molecule has 1 unspecified atom stereocenters. The summed E-state index contributed by atoms with van der Waals surface area (Å²) in [5, 5.41) is 13.9. The number of piperidine rings is 1. The Labute approximate surface area is 131 Å². The molecule has 2 aliphatic rings. The fourth-order valence-corrected chi connectivity index (χ4v) is 3.37. The van der Waals surface area contributed by atoms with Crippen LogP contribution >= 0.6 is 0 Å². The molecule has 0 saturated carbocycles. The summed E-state index contributed by atoms with van der Waals surface area (Å²) in [6.07, 6.45) is 1.96. The molecule has 0 bridgehead atoms. The predicted molar refractivity (Wildman–Crippen MR) is 83.8 cm³/mol. The van der Waals surface area contributed by atoms with Gasteiger partial charge in [-0.2, -0.15) is 0 Å². The molecule has 122 valence electrons. The van der Waals surface area contributed by atoms with Gasteiger partial charge in [-0.25, -0.2) is 0 Å². The van der Waals surface area contributed by atoms with E-state index in [2.05, 4.69) is 5.32 Å². The van der Waals surface area contributed by atoms with Crippen molar-refractivity contribution < 1.29 is 19.3 Å². The predicted octanol–water partition coefficient (Wildman–Crippen LogP) is 2.42. The Balaban J connectivity index is 1.95. The third-order valence-electron chi connectivity index (χ3n) is 4.44. The molecule has 1 fully saturated rings. The van der Waals surface area contributed by atoms with Crippen molar-refractivity contribution in [3.8, 4) is 17.2 Å². The van der Waals surface area contributed by atoms with Crippen molar-refractivity contribution in [2.45, 2.75) is 44.8 Å². The van der Waals surface area contributed by atoms with E-state index in [0.29, 0.717) is 31.1 Å². The molecule has 1 atom stereocenters. The second kappa shape index (κ2) is 6.34. The van der Waals surface area contributed by atoms with Gasteiger partial charge in [0.2, 0.25) is 0 Å². The summed E-state index contributed by atoms with van der Waals surface area (Å²) >= 11 is 0. The van der Waals surface area contributed by atoms with Gasteiger partial charge in [-0.05, 0) is 45.8 Å². The van der Waals surface area contributed by atoms with Crippen LogP contribution in [0.25, 0.3) is 0 Å². The molecule has 3 rings (SSSR count). The topological polar surface area (TPSA) is 60.0 Å². The van der Waals surface area contributed by atoms with Gasteiger partial charge in [0.15, 0.2) is 11.5 Å². The van der Waals surface area contributed by atoms with E-state index in [1.807, 2.05) is 26.0 Å². The van der Waals surface area contributed by atoms with Crippen LogP contribution in [0.3, 0.4) is 0 Å². The van der Waals surface area contributed by atoms with Gasteiger partial charge in [0.25, 0.3) is 0 Å². The Bertz CT molecular complexity index is 526. The van der Waals surface area contributed by atoms with Crippen LogP contribution in [0.15, 0.2) is 12.1 Å². The minimum absolute atomic E-state index is 0.256. The Kier molecular flexibility index (Phi) is 4.45. The summed E-state index contributed by atoms with van der Waals surface area (Å²) in [6, 6.07) is 3.73. The SMILES string of the molecule is CCOc1cc2c(cc1OCC)C(O)CC1(CCNCC1)O2. The van der Waals surface area contributed by atoms with Crippen LogP contribution in [0, 0.1) is 0 Å². The number of fused-ring (bicyclic) bond motifs is 1. The number of benzene rings is 1. The largest absolute Gasteiger partial charge is 0.490 e. The first-order chi connectivity index (χ1) is 10.7. The molecule has 2 N–H and O–H groups in total. The Morgan fingerprint density at radius 3 is 2.45 bits per heavy atom. The van der Waals surface area contributed by atoms with E-state index in [-0.39, 0.29) is 5.60 Å². The summed E-state index contributed by atoms with van der Waals surface area (Å²) in [5.41, 5.74) is 0.546. The smallest absolute Gasteiger partial charge is 0.164 e. The maximum Gasteiger partial charge on any atom is 0.164 e. The Morgan fingerprint density at radius 2 is 1.82 bits per heavy atom. The Hall–Kier alpha value is -1.46. The van der Waals surface area contributed by atoms with Crippen LogP contribution in [0.4, 0.5) is 0 Å². The molecule has 0 radical (unpaired) electrons. The molecule has 0 aromatic heterocycles. The van der Waals surface area contributed by atoms with E-state index in [1.165, 1.54) is 0 Å². The van der Waals surface area contributed by atoms with Crippen molar-refractivity contribution in [2.24, 2.45) is 0 Å². The third kappa shape index (κ3) is 2.88. The van der Waals surface area contributed by atoms with Gasteiger partial charge in [0.05, 0.1) is 19.3 Å². The van der Waals surface area contributed by atoms with Crippen molar-refractivity contribution >= 4 is 0 Å². The van der Waals surface area contributed by atoms with Gasteiger partial charge >= 0.3 is 0 Å². The highest BCUT2D eigenvalue weighted by Crippen LogP contribution is 2.47. The zero-order valence-corrected chi connectivity index (χ0v) is 13.4. The summed E-state index contributed by atoms with van der Waals surface area (Å²) < 4.78 is 17.6. The van der Waals surface area contributed by atoms with Crippen LogP contribution in [-0.4, -0.2) is 37.0 Å². The highest BCUT2D eigenvalue weighted by atomic mass is 16.5. The van der Waals surface area contributed by atoms with Crippen molar-refractivity contribution in [2.75, 3.05) is 26.3 Å². The third-order valence-corrected chi connectivity index (χ3v) is 4.44. The van der Waals surface area contributed by atoms with Crippen LogP contribution in [0.2, 0.25) is 0 Å². The lowest BCUT2D eigenvalue weighted by Gasteiger charge is -2.43. The molecular formula is C17H25NO4. The van der Waals surface area contributed by atoms with Crippen molar-refractivity contribution in [1.82, 2.24) is 5.32 Å². The number of ether oxygens (including phenoxy) is 3. The minimum atomic E-state index is -0.517. The van der Waals surface area contributed by atoms with E-state index in [1.54, 1.807) is 0 Å². The quantitative estimate of drug-likeness (QED) is 0.894. The van der Waals surface area contributed by atoms with Gasteiger partial charge in [-0.15, -0.1) is 0 Å². The van der Waals surface area contributed by atoms with Gasteiger partial charge in [-0.1, -0.05) is 0 Å². The highest BCUT2D eigenvalue weighted by Gasteiger charge is 2.42. The molecule has 5 nitrogen and oxygen atoms in total. The zero-order chi connectivity index (χ0) is 15.6. The molecule has 1 aromatic carbocycles. The zero-order valence-electron chi connectivity index (χ0n) is 13.4. The number of hydrogen-bond acceptors (Lipinski definition) is 5. The second-order valence-electron chi connectivity index (χ2n) is 5.96. The summed E-state index contributed by atoms with van der Waals surface area (Å²) in [4.78, 5) is 0. The number of hydrogen-bond donors (Lipinski definition) is 2. The number of nitrogens with one attached hydrogen (secondary N) is 1. The molecule has 22 heavy (non-hydrogen) atoms. The van der Waals surface area contributed by atoms with Gasteiger partial charge < -0.3 is 24.6 Å². The van der Waals surface area contributed by atoms with Gasteiger partial charge in [-0.3, -0.25) is 0 Å². The molecule has 1 aromatic rings. The summed E-state index contributed by atoms with van der Waals surface area (Å²) in [5.74, 6) is 2.08. The molecule has 5 heteroatoms. The molecule has 2 aliphatic heterocycles. The van der Waals surface area contributed by atoms with Crippen LogP contribution in [0.1, 0.15) is 44.8 Å². The van der Waals surface area contributed by atoms with Crippen molar-refractivity contribution in [1.29, 1.82) is 0 Å². The van der Waals surface area contributed by atoms with E-state index in [0.717, 1.165) is 37.2 Å². The average molecular weight is 307 g/mol. The number of aliphatic hydroxyl groups is 1. The lowest BCUT2D eigenvalue weighted by Crippen LogP contribution is -2.49. The van der Waals surface area contributed by atoms with Crippen LogP contribution < -0.4 is 19.5 Å². The minimum Gasteiger partial charge on any atom is -0.490 e. The first kappa shape index (κ1) is 15.4. The molecule has 2 heterocycles. The molecule has 1 spiro atoms. The van der Waals surface area contributed by atoms with Gasteiger partial charge in [0, 0.05) is 18.1 Å². The molecular weight excluding hydrogens is 282 g/mol. The summed E-state index contributed by atoms with van der Waals surface area (Å²) in [6.45, 7) is 6.86. The fourth-order valence-electron chi connectivity index (χ4n) is 3.37. The summed E-state index contributed by atoms with van der Waals surface area (Å²) in [7, 11) is 0. The maximum atomic E-state index is 10.6. The number of aliphatic hydroxyl groups excluding tert-OH is 1. The van der Waals surface area contributed by atoms with Gasteiger partial charge in [0.1, 0.15) is 11.4 Å². The standard InChI is InChI=1S/C17H25NO4/c1-3-20-15-9-12-13(19)11-17(5-7-18-8-6-17)22-14(12)10-16(15)21-4-2/h9-10,13,18-19H,3-8,11H2,1-2H3. The number of rotatable bonds is 4. The van der Waals surface area contributed by atoms with E-state index < -0.39 is 6.10 Å². The highest BCUT2D eigenvalue weighted by molar-refractivity contribution is 5.52. The van der Waals surface area contributed by atoms with E-state index >= 15 is 0 Å². The van der Waals surface area contributed by atoms with E-state index in [4.69, 9.17) is 14.2 Å². The van der Waals surface area contributed by atoms with Crippen LogP contribution in [0.5, 0.6) is 17.2 Å². The Morgan fingerprint density at radius 1 is 1.18 bits per heavy atom. The monoisotopic (exact) mass is 307 g/mol.